The molecule has 10 nitrogen and oxygen atoms in total. The van der Waals surface area contributed by atoms with Gasteiger partial charge >= 0.3 is 5.69 Å². The van der Waals surface area contributed by atoms with Crippen LogP contribution in [0.3, 0.4) is 0 Å². The maximum absolute atomic E-state index is 13.6. The lowest BCUT2D eigenvalue weighted by Gasteiger charge is -2.24. The summed E-state index contributed by atoms with van der Waals surface area (Å²) in [6, 6.07) is 7.53. The molecule has 0 atom stereocenters. The van der Waals surface area contributed by atoms with Gasteiger partial charge in [0.25, 0.3) is 5.56 Å². The van der Waals surface area contributed by atoms with Crippen molar-refractivity contribution in [2.45, 2.75) is 39.3 Å². The first-order valence-corrected chi connectivity index (χ1v) is 11.1. The van der Waals surface area contributed by atoms with Crippen LogP contribution in [0.1, 0.15) is 25.0 Å². The molecule has 0 radical (unpaired) electrons. The Morgan fingerprint density at radius 2 is 1.85 bits per heavy atom. The van der Waals surface area contributed by atoms with Gasteiger partial charge in [-0.3, -0.25) is 14.2 Å². The summed E-state index contributed by atoms with van der Waals surface area (Å²) >= 11 is 1.25. The van der Waals surface area contributed by atoms with E-state index in [2.05, 4.69) is 10.2 Å². The minimum Gasteiger partial charge on any atom is -0.496 e. The van der Waals surface area contributed by atoms with E-state index in [0.29, 0.717) is 33.0 Å². The number of rotatable bonds is 7. The Kier molecular flexibility index (Phi) is 5.66. The summed E-state index contributed by atoms with van der Waals surface area (Å²) in [6.45, 7) is 4.96. The summed E-state index contributed by atoms with van der Waals surface area (Å²) in [5, 5.41) is 9.29. The second-order valence-corrected chi connectivity index (χ2v) is 9.07. The highest BCUT2D eigenvalue weighted by atomic mass is 32.1. The van der Waals surface area contributed by atoms with E-state index < -0.39 is 22.7 Å². The molecule has 1 aromatic carbocycles. The molecule has 1 amide bonds. The number of thiophene rings is 1. The van der Waals surface area contributed by atoms with E-state index in [1.165, 1.54) is 46.9 Å². The standard InChI is InChI=1S/C22H24N6O4S/c1-13-16-17(29)27(22(2,3)20(23)30)21(31)26(12-9-14-7-5-6-8-15(14)32-4)19(16)33-18(13)28-24-10-11-25-28/h5-8,10-11H,9,12H2,1-4H3,(H2,23,30). The first kappa shape index (κ1) is 22.5. The Hall–Kier alpha value is -3.73. The minimum atomic E-state index is -1.52. The molecule has 33 heavy (non-hydrogen) atoms. The number of methoxy groups -OCH3 is 1. The van der Waals surface area contributed by atoms with E-state index in [4.69, 9.17) is 10.5 Å². The summed E-state index contributed by atoms with van der Waals surface area (Å²) in [7, 11) is 1.59. The third-order valence-electron chi connectivity index (χ3n) is 5.75. The van der Waals surface area contributed by atoms with Crippen LogP contribution in [-0.4, -0.2) is 37.1 Å². The molecule has 0 unspecified atom stereocenters. The average molecular weight is 469 g/mol. The number of fused-ring (bicyclic) bond motifs is 1. The zero-order valence-corrected chi connectivity index (χ0v) is 19.5. The van der Waals surface area contributed by atoms with Crippen LogP contribution >= 0.6 is 11.3 Å². The Bertz CT molecular complexity index is 1460. The number of para-hydroxylation sites is 1. The van der Waals surface area contributed by atoms with Crippen molar-refractivity contribution < 1.29 is 9.53 Å². The number of benzene rings is 1. The van der Waals surface area contributed by atoms with Gasteiger partial charge in [-0.2, -0.15) is 10.2 Å². The molecule has 0 saturated carbocycles. The molecule has 11 heteroatoms. The van der Waals surface area contributed by atoms with Gasteiger partial charge in [0.1, 0.15) is 21.1 Å². The molecule has 0 fully saturated rings. The molecule has 0 aliphatic carbocycles. The summed E-state index contributed by atoms with van der Waals surface area (Å²) in [5.41, 5.74) is 4.41. The monoisotopic (exact) mass is 468 g/mol. The van der Waals surface area contributed by atoms with Gasteiger partial charge in [-0.25, -0.2) is 9.36 Å². The lowest BCUT2D eigenvalue weighted by molar-refractivity contribution is -0.125. The Balaban J connectivity index is 1.99. The van der Waals surface area contributed by atoms with Crippen molar-refractivity contribution in [3.05, 3.63) is 68.6 Å². The minimum absolute atomic E-state index is 0.261. The highest BCUT2D eigenvalue weighted by molar-refractivity contribution is 7.21. The molecule has 0 aliphatic rings. The number of ether oxygens (including phenoxy) is 1. The number of amides is 1. The van der Waals surface area contributed by atoms with E-state index >= 15 is 0 Å². The Morgan fingerprint density at radius 3 is 2.48 bits per heavy atom. The zero-order chi connectivity index (χ0) is 23.9. The first-order valence-electron chi connectivity index (χ1n) is 10.3. The number of hydrogen-bond acceptors (Lipinski definition) is 7. The lowest BCUT2D eigenvalue weighted by atomic mass is 10.0. The molecule has 0 aliphatic heterocycles. The van der Waals surface area contributed by atoms with E-state index in [0.717, 1.165) is 10.1 Å². The van der Waals surface area contributed by atoms with Crippen molar-refractivity contribution >= 4 is 27.5 Å². The fraction of sp³-hybridized carbons (Fsp3) is 0.318. The van der Waals surface area contributed by atoms with Gasteiger partial charge in [-0.05, 0) is 38.8 Å². The number of nitrogens with two attached hydrogens (primary N) is 1. The number of aryl methyl sites for hydroxylation is 3. The van der Waals surface area contributed by atoms with E-state index in [9.17, 15) is 14.4 Å². The summed E-state index contributed by atoms with van der Waals surface area (Å²) in [5.74, 6) is -0.0736. The molecular formula is C22H24N6O4S. The van der Waals surface area contributed by atoms with Gasteiger partial charge in [-0.1, -0.05) is 29.5 Å². The van der Waals surface area contributed by atoms with Crippen LogP contribution in [-0.2, 0) is 23.3 Å². The topological polar surface area (TPSA) is 127 Å². The summed E-state index contributed by atoms with van der Waals surface area (Å²) < 4.78 is 7.89. The largest absolute Gasteiger partial charge is 0.496 e. The lowest BCUT2D eigenvalue weighted by Crippen LogP contribution is -2.54. The molecule has 172 valence electrons. The number of hydrogen-bond donors (Lipinski definition) is 1. The van der Waals surface area contributed by atoms with Crippen molar-refractivity contribution in [3.8, 4) is 10.8 Å². The molecule has 3 aromatic heterocycles. The predicted octanol–water partition coefficient (Wildman–Crippen LogP) is 1.59. The van der Waals surface area contributed by atoms with Gasteiger partial charge < -0.3 is 10.5 Å². The van der Waals surface area contributed by atoms with Crippen molar-refractivity contribution in [2.75, 3.05) is 7.11 Å². The highest BCUT2D eigenvalue weighted by Crippen LogP contribution is 2.31. The fourth-order valence-electron chi connectivity index (χ4n) is 3.79. The van der Waals surface area contributed by atoms with Crippen LogP contribution in [0.25, 0.3) is 15.2 Å². The Labute approximate surface area is 192 Å². The molecular weight excluding hydrogens is 444 g/mol. The van der Waals surface area contributed by atoms with E-state index in [1.54, 1.807) is 14.0 Å². The van der Waals surface area contributed by atoms with Gasteiger partial charge in [0.2, 0.25) is 5.91 Å². The first-order chi connectivity index (χ1) is 15.7. The summed E-state index contributed by atoms with van der Waals surface area (Å²) in [4.78, 5) is 41.2. The van der Waals surface area contributed by atoms with Gasteiger partial charge in [0, 0.05) is 12.1 Å². The second-order valence-electron chi connectivity index (χ2n) is 8.09. The number of aromatic nitrogens is 5. The highest BCUT2D eigenvalue weighted by Gasteiger charge is 2.33. The quantitative estimate of drug-likeness (QED) is 0.439. The molecule has 3 heterocycles. The van der Waals surface area contributed by atoms with Crippen molar-refractivity contribution in [1.82, 2.24) is 24.1 Å². The molecule has 0 spiro atoms. The third kappa shape index (κ3) is 3.63. The number of primary amides is 1. The van der Waals surface area contributed by atoms with Crippen LogP contribution < -0.4 is 21.7 Å². The van der Waals surface area contributed by atoms with Crippen LogP contribution in [0, 0.1) is 6.92 Å². The number of carbonyl (C=O) groups is 1. The van der Waals surface area contributed by atoms with Gasteiger partial charge in [0.15, 0.2) is 0 Å². The Morgan fingerprint density at radius 1 is 1.18 bits per heavy atom. The molecule has 4 rings (SSSR count). The molecule has 4 aromatic rings. The fourth-order valence-corrected chi connectivity index (χ4v) is 5.02. The van der Waals surface area contributed by atoms with Crippen molar-refractivity contribution in [2.24, 2.45) is 5.73 Å². The van der Waals surface area contributed by atoms with E-state index in [-0.39, 0.29) is 6.54 Å². The SMILES string of the molecule is COc1ccccc1CCn1c(=O)n(C(C)(C)C(N)=O)c(=O)c2c(C)c(-n3nccn3)sc21. The van der Waals surface area contributed by atoms with Crippen LogP contribution in [0.5, 0.6) is 5.75 Å². The molecule has 2 N–H and O–H groups in total. The smallest absolute Gasteiger partial charge is 0.333 e. The van der Waals surface area contributed by atoms with Crippen LogP contribution in [0.2, 0.25) is 0 Å². The van der Waals surface area contributed by atoms with Crippen LogP contribution in [0.4, 0.5) is 0 Å². The maximum atomic E-state index is 13.6. The third-order valence-corrected chi connectivity index (χ3v) is 7.03. The molecule has 0 bridgehead atoms. The van der Waals surface area contributed by atoms with Crippen LogP contribution in [0.15, 0.2) is 46.2 Å². The van der Waals surface area contributed by atoms with Crippen molar-refractivity contribution in [3.63, 3.8) is 0 Å². The summed E-state index contributed by atoms with van der Waals surface area (Å²) in [6.07, 6.45) is 3.54. The normalized spacial score (nSPS) is 11.8. The van der Waals surface area contributed by atoms with Gasteiger partial charge in [-0.15, -0.1) is 4.80 Å². The number of nitrogens with zero attached hydrogens (tertiary/aromatic N) is 5. The van der Waals surface area contributed by atoms with Gasteiger partial charge in [0.05, 0.1) is 24.9 Å². The van der Waals surface area contributed by atoms with Crippen molar-refractivity contribution in [1.29, 1.82) is 0 Å². The molecule has 0 saturated heterocycles. The van der Waals surface area contributed by atoms with E-state index in [1.807, 2.05) is 24.3 Å². The zero-order valence-electron chi connectivity index (χ0n) is 18.7. The number of carbonyl (C=O) groups excluding carboxylic acids is 1. The predicted molar refractivity (Wildman–Crippen MR) is 125 cm³/mol. The average Bonchev–Trinajstić information content (AvgIpc) is 3.41. The second kappa shape index (κ2) is 8.32. The maximum Gasteiger partial charge on any atom is 0.333 e.